The van der Waals surface area contributed by atoms with Gasteiger partial charge in [-0.25, -0.2) is 14.5 Å². The van der Waals surface area contributed by atoms with Crippen LogP contribution in [0.4, 0.5) is 32.3 Å². The second-order valence-electron chi connectivity index (χ2n) is 18.4. The molecule has 3 fully saturated rings. The maximum Gasteiger partial charge on any atom is 0.421 e. The number of imide groups is 1. The highest BCUT2D eigenvalue weighted by Gasteiger charge is 2.76. The Balaban J connectivity index is 1.21. The van der Waals surface area contributed by atoms with Gasteiger partial charge in [0.15, 0.2) is 0 Å². The number of benzene rings is 6. The number of nitro groups is 1. The van der Waals surface area contributed by atoms with Gasteiger partial charge in [-0.3, -0.25) is 29.4 Å². The minimum Gasteiger partial charge on any atom is -0.491 e. The van der Waals surface area contributed by atoms with E-state index in [1.54, 1.807) is 48.5 Å². The van der Waals surface area contributed by atoms with Gasteiger partial charge in [0.25, 0.3) is 5.69 Å². The molecule has 0 radical (unpaired) electrons. The molecular formula is C57H51N7O12. The van der Waals surface area contributed by atoms with Crippen LogP contribution < -0.4 is 30.9 Å². The first-order chi connectivity index (χ1) is 37.0. The van der Waals surface area contributed by atoms with Crippen molar-refractivity contribution in [3.63, 3.8) is 0 Å². The largest absolute Gasteiger partial charge is 0.491 e. The van der Waals surface area contributed by atoms with Crippen molar-refractivity contribution < 1.29 is 52.9 Å². The zero-order chi connectivity index (χ0) is 52.9. The van der Waals surface area contributed by atoms with Crippen molar-refractivity contribution in [2.24, 2.45) is 11.7 Å². The molecule has 1 spiro atoms. The maximum absolute atomic E-state index is 16.7. The van der Waals surface area contributed by atoms with Crippen molar-refractivity contribution in [2.45, 2.75) is 36.3 Å². The third-order valence-electron chi connectivity index (χ3n) is 14.1. The smallest absolute Gasteiger partial charge is 0.421 e. The average Bonchev–Trinajstić information content (AvgIpc) is 4.03. The number of carbonyl (C=O) groups excluding carboxylic acids is 5. The number of nitro benzene ring substituents is 1. The Morgan fingerprint density at radius 1 is 0.829 bits per heavy atom. The maximum atomic E-state index is 16.7. The predicted octanol–water partition coefficient (Wildman–Crippen LogP) is 6.46. The molecule has 6 aromatic rings. The molecule has 6 aromatic carbocycles. The summed E-state index contributed by atoms with van der Waals surface area (Å²) in [5, 5.41) is 26.8. The minimum atomic E-state index is -2.22. The van der Waals surface area contributed by atoms with E-state index >= 15 is 14.4 Å². The fourth-order valence-electron chi connectivity index (χ4n) is 10.9. The van der Waals surface area contributed by atoms with Crippen molar-refractivity contribution in [2.75, 3.05) is 61.2 Å². The zero-order valence-corrected chi connectivity index (χ0v) is 40.8. The van der Waals surface area contributed by atoms with Crippen molar-refractivity contribution in [3.05, 3.63) is 195 Å². The van der Waals surface area contributed by atoms with E-state index in [2.05, 4.69) is 27.4 Å². The Morgan fingerprint density at radius 3 is 2.21 bits per heavy atom. The van der Waals surface area contributed by atoms with E-state index in [1.807, 2.05) is 77.7 Å². The summed E-state index contributed by atoms with van der Waals surface area (Å²) in [6, 6.07) is 37.9. The number of amides is 5. The van der Waals surface area contributed by atoms with Crippen LogP contribution in [-0.2, 0) is 40.6 Å². The molecule has 6 atom stereocenters. The number of cyclic esters (lactones) is 1. The number of nitrogens with one attached hydrogen (secondary N) is 2. The van der Waals surface area contributed by atoms with Crippen molar-refractivity contribution in [1.29, 1.82) is 0 Å². The molecule has 5 N–H and O–H groups in total. The van der Waals surface area contributed by atoms with Crippen LogP contribution in [0.2, 0.25) is 0 Å². The number of morpholine rings is 2. The molecule has 0 bridgehead atoms. The fourth-order valence-corrected chi connectivity index (χ4v) is 10.9. The van der Waals surface area contributed by atoms with E-state index in [-0.39, 0.29) is 36.7 Å². The summed E-state index contributed by atoms with van der Waals surface area (Å²) in [5.74, 6) is 2.00. The molecular weight excluding hydrogens is 975 g/mol. The first kappa shape index (κ1) is 50.4. The van der Waals surface area contributed by atoms with Gasteiger partial charge in [0, 0.05) is 42.2 Å². The van der Waals surface area contributed by atoms with Gasteiger partial charge in [-0.05, 0) is 94.5 Å². The molecule has 4 heterocycles. The van der Waals surface area contributed by atoms with Gasteiger partial charge in [0.2, 0.25) is 11.8 Å². The van der Waals surface area contributed by atoms with Crippen LogP contribution in [0.5, 0.6) is 5.75 Å². The Morgan fingerprint density at radius 2 is 1.53 bits per heavy atom. The monoisotopic (exact) mass is 1030 g/mol. The van der Waals surface area contributed by atoms with Crippen LogP contribution in [0, 0.1) is 27.9 Å². The molecule has 0 aliphatic carbocycles. The lowest BCUT2D eigenvalue weighted by Gasteiger charge is -2.46. The zero-order valence-electron chi connectivity index (χ0n) is 40.8. The third kappa shape index (κ3) is 9.63. The number of primary amides is 1. The van der Waals surface area contributed by atoms with Gasteiger partial charge in [-0.1, -0.05) is 84.6 Å². The summed E-state index contributed by atoms with van der Waals surface area (Å²) < 4.78 is 24.0. The number of aliphatic hydroxyl groups is 1. The number of fused-ring (bicyclic) bond motifs is 3. The molecule has 76 heavy (non-hydrogen) atoms. The minimum absolute atomic E-state index is 0.0222. The fraction of sp³-hybridized carbons (Fsp3) is 0.246. The number of aliphatic hydroxyl groups excluding tert-OH is 1. The predicted molar refractivity (Wildman–Crippen MR) is 277 cm³/mol. The first-order valence-electron chi connectivity index (χ1n) is 24.5. The summed E-state index contributed by atoms with van der Waals surface area (Å²) in [6.07, 6.45) is -2.15. The molecule has 0 aromatic heterocycles. The summed E-state index contributed by atoms with van der Waals surface area (Å²) >= 11 is 0. The van der Waals surface area contributed by atoms with E-state index in [4.69, 9.17) is 24.7 Å². The number of hydrogen-bond acceptors (Lipinski definition) is 14. The van der Waals surface area contributed by atoms with Gasteiger partial charge in [0.1, 0.15) is 36.5 Å². The Kier molecular flexibility index (Phi) is 14.5. The van der Waals surface area contributed by atoms with Crippen LogP contribution in [0.15, 0.2) is 152 Å². The number of hydrogen-bond donors (Lipinski definition) is 4. The number of nitrogens with two attached hydrogens (primary N) is 1. The van der Waals surface area contributed by atoms with Gasteiger partial charge >= 0.3 is 18.1 Å². The molecule has 4 aliphatic rings. The van der Waals surface area contributed by atoms with Gasteiger partial charge in [-0.2, -0.15) is 0 Å². The number of nitrogens with zero attached hydrogens (tertiary/aromatic N) is 4. The van der Waals surface area contributed by atoms with E-state index in [9.17, 15) is 24.8 Å². The number of non-ortho nitro benzene ring substituents is 1. The van der Waals surface area contributed by atoms with Crippen molar-refractivity contribution in [1.82, 2.24) is 10.2 Å². The Bertz CT molecular complexity index is 3240. The second-order valence-corrected chi connectivity index (χ2v) is 18.4. The number of urea groups is 1. The summed E-state index contributed by atoms with van der Waals surface area (Å²) in [7, 11) is 0. The number of esters is 1. The highest BCUT2D eigenvalue weighted by molar-refractivity contribution is 6.24. The standard InChI is InChI=1S/C57H51N7O12/c58-55(69)59-26-8-9-36-18-25-46-45(33-36)57(54(68)62(46)56(70)75-35-37-16-21-43(22-17-37)64(71)72)47(52(66)60-41-19-23-42(24-20-41)61-27-30-73-31-28-61)49-53(67)76-50(39-12-5-2-6-13-39)48(38-10-3-1-4-11-38)63(49)51(57)40-14-7-15-44(34-40)74-32-29-65/h1-7,10-25,33-34,47-51,65H,26-32,35H2,(H,60,66)(H3,58,59,69)/t47-,48-,49-,50+,51+,57-/m1/s1. The van der Waals surface area contributed by atoms with Crippen molar-refractivity contribution >= 4 is 52.7 Å². The van der Waals surface area contributed by atoms with Crippen LogP contribution in [0.25, 0.3) is 0 Å². The van der Waals surface area contributed by atoms with Crippen LogP contribution in [-0.4, -0.2) is 96.9 Å². The van der Waals surface area contributed by atoms with Gasteiger partial charge < -0.3 is 45.3 Å². The summed E-state index contributed by atoms with van der Waals surface area (Å²) in [4.78, 5) is 90.7. The summed E-state index contributed by atoms with van der Waals surface area (Å²) in [5.41, 5.74) is 6.73. The number of rotatable bonds is 13. The van der Waals surface area contributed by atoms with Crippen molar-refractivity contribution in [3.8, 4) is 17.6 Å². The lowest BCUT2D eigenvalue weighted by Crippen LogP contribution is -2.54. The van der Waals surface area contributed by atoms with Crippen LogP contribution >= 0.6 is 0 Å². The molecule has 5 amide bonds. The lowest BCUT2D eigenvalue weighted by molar-refractivity contribution is -0.384. The number of carbonyl (C=O) groups is 5. The van der Waals surface area contributed by atoms with Gasteiger partial charge in [0.05, 0.1) is 55.0 Å². The lowest BCUT2D eigenvalue weighted by atomic mass is 9.65. The summed E-state index contributed by atoms with van der Waals surface area (Å²) in [6.45, 7) is 1.49. The first-order valence-corrected chi connectivity index (χ1v) is 24.5. The quantitative estimate of drug-likeness (QED) is 0.0420. The number of ether oxygens (including phenoxy) is 4. The molecule has 19 nitrogen and oxygen atoms in total. The third-order valence-corrected chi connectivity index (χ3v) is 14.1. The molecule has 10 rings (SSSR count). The molecule has 4 aliphatic heterocycles. The Hall–Kier alpha value is -9.09. The molecule has 3 saturated heterocycles. The molecule has 386 valence electrons. The normalized spacial score (nSPS) is 21.6. The van der Waals surface area contributed by atoms with Crippen LogP contribution in [0.3, 0.4) is 0 Å². The average molecular weight is 1030 g/mol. The number of anilines is 3. The molecule has 0 unspecified atom stereocenters. The topological polar surface area (TPSA) is 245 Å². The second kappa shape index (κ2) is 21.8. The SMILES string of the molecule is NC(=O)NCC#Cc1ccc2c(c1)[C@]1(C(=O)N2C(=O)OCc2ccc([N+](=O)[O-])cc2)[C@H](c2cccc(OCCO)c2)N2[C@H](c3ccccc3)[C@H](c3ccccc3)OC(=O)[C@H]2[C@@H]1C(=O)Nc1ccc(N2CCOCC2)cc1. The van der Waals surface area contributed by atoms with E-state index in [0.717, 1.165) is 10.6 Å². The Labute approximate surface area is 436 Å². The molecule has 19 heteroatoms. The highest BCUT2D eigenvalue weighted by Crippen LogP contribution is 2.66. The van der Waals surface area contributed by atoms with E-state index in [0.29, 0.717) is 65.6 Å². The molecule has 0 saturated carbocycles. The highest BCUT2D eigenvalue weighted by atomic mass is 16.6. The van der Waals surface area contributed by atoms with Gasteiger partial charge in [-0.15, -0.1) is 0 Å². The van der Waals surface area contributed by atoms with E-state index in [1.165, 1.54) is 30.3 Å². The van der Waals surface area contributed by atoms with Crippen LogP contribution in [0.1, 0.15) is 51.6 Å². The van der Waals surface area contributed by atoms with E-state index < -0.39 is 77.0 Å².